The van der Waals surface area contributed by atoms with Crippen molar-refractivity contribution in [3.05, 3.63) is 57.6 Å². The first-order valence-corrected chi connectivity index (χ1v) is 11.9. The number of imidazole rings is 1. The fraction of sp³-hybridized carbons (Fsp3) is 0.360. The van der Waals surface area contributed by atoms with E-state index in [0.717, 1.165) is 5.56 Å². The van der Waals surface area contributed by atoms with Crippen LogP contribution in [0.2, 0.25) is 10.0 Å². The summed E-state index contributed by atoms with van der Waals surface area (Å²) in [5.74, 6) is -0.674. The van der Waals surface area contributed by atoms with Crippen LogP contribution in [-0.4, -0.2) is 31.1 Å². The highest BCUT2D eigenvalue weighted by molar-refractivity contribution is 6.33. The Labute approximate surface area is 213 Å². The van der Waals surface area contributed by atoms with Crippen LogP contribution in [0.1, 0.15) is 52.2 Å². The van der Waals surface area contributed by atoms with Crippen molar-refractivity contribution in [3.8, 4) is 23.0 Å². The van der Waals surface area contributed by atoms with Gasteiger partial charge in [0.15, 0.2) is 5.65 Å². The molecule has 4 rings (SSSR count). The maximum absolute atomic E-state index is 14.7. The lowest BCUT2D eigenvalue weighted by Gasteiger charge is -2.19. The maximum Gasteiger partial charge on any atom is 0.306 e. The van der Waals surface area contributed by atoms with Crippen molar-refractivity contribution in [3.63, 3.8) is 0 Å². The zero-order chi connectivity index (χ0) is 25.9. The van der Waals surface area contributed by atoms with Crippen molar-refractivity contribution in [2.24, 2.45) is 0 Å². The summed E-state index contributed by atoms with van der Waals surface area (Å²) in [5, 5.41) is 4.65. The number of halogens is 3. The van der Waals surface area contributed by atoms with E-state index in [1.54, 1.807) is 37.4 Å². The number of hydrogen-bond acceptors (Lipinski definition) is 6. The normalized spacial score (nSPS) is 11.3. The van der Waals surface area contributed by atoms with Crippen LogP contribution in [0.25, 0.3) is 28.6 Å². The molecular formula is C25H27Cl2FN4O3. The van der Waals surface area contributed by atoms with Crippen molar-refractivity contribution in [2.45, 2.75) is 60.0 Å². The van der Waals surface area contributed by atoms with Gasteiger partial charge in [-0.25, -0.2) is 9.37 Å². The zero-order valence-corrected chi connectivity index (χ0v) is 22.0. The van der Waals surface area contributed by atoms with Crippen LogP contribution in [0.15, 0.2) is 35.1 Å². The van der Waals surface area contributed by atoms with Gasteiger partial charge >= 0.3 is 5.97 Å². The van der Waals surface area contributed by atoms with E-state index in [9.17, 15) is 9.18 Å². The number of ether oxygens (including phenoxy) is 1. The fourth-order valence-corrected chi connectivity index (χ4v) is 3.89. The Bertz CT molecular complexity index is 1360. The molecule has 7 nitrogen and oxygen atoms in total. The van der Waals surface area contributed by atoms with Gasteiger partial charge in [-0.15, -0.1) is 0 Å². The molecule has 0 aliphatic rings. The first-order chi connectivity index (χ1) is 16.5. The highest BCUT2D eigenvalue weighted by atomic mass is 35.5. The molecule has 3 aromatic heterocycles. The Kier molecular flexibility index (Phi) is 8.18. The second-order valence-electron chi connectivity index (χ2n) is 8.66. The Balaban J connectivity index is 0.00000167. The summed E-state index contributed by atoms with van der Waals surface area (Å²) in [7, 11) is 0. The molecule has 0 N–H and O–H groups in total. The molecule has 3 heterocycles. The number of aromatic nitrogens is 4. The molecule has 186 valence electrons. The molecule has 0 unspecified atom stereocenters. The molecule has 0 radical (unpaired) electrons. The molecule has 0 bridgehead atoms. The standard InChI is InChI=1S/C23H21Cl2FN4O3.C2H6/c1-12-7-16(25)21-27-18(11-30(21)10-12)22-28-20(29-33-22)14-9-17(26)13(8-15(14)24)5-6-19(31)32-23(2,3)4;1-2/h7-11H,5-6H2,1-4H3;1-2H3. The summed E-state index contributed by atoms with van der Waals surface area (Å²) in [5.41, 5.74) is 1.91. The number of pyridine rings is 1. The predicted molar refractivity (Wildman–Crippen MR) is 134 cm³/mol. The molecule has 0 aliphatic carbocycles. The number of nitrogens with zero attached hydrogens (tertiary/aromatic N) is 4. The number of rotatable bonds is 5. The SMILES string of the molecule is CC.Cc1cc(Cl)c2nc(-c3nc(-c4cc(F)c(CCC(=O)OC(C)(C)C)cc4Cl)no3)cn2c1. The Morgan fingerprint density at radius 1 is 1.11 bits per heavy atom. The van der Waals surface area contributed by atoms with Crippen LogP contribution in [0.3, 0.4) is 0 Å². The first-order valence-electron chi connectivity index (χ1n) is 11.2. The number of hydrogen-bond donors (Lipinski definition) is 0. The summed E-state index contributed by atoms with van der Waals surface area (Å²) in [6.07, 6.45) is 3.77. The van der Waals surface area contributed by atoms with Crippen molar-refractivity contribution >= 4 is 34.8 Å². The van der Waals surface area contributed by atoms with Crippen molar-refractivity contribution in [1.82, 2.24) is 19.5 Å². The average molecular weight is 521 g/mol. The quantitative estimate of drug-likeness (QED) is 0.261. The van der Waals surface area contributed by atoms with Crippen LogP contribution >= 0.6 is 23.2 Å². The molecular weight excluding hydrogens is 494 g/mol. The zero-order valence-electron chi connectivity index (χ0n) is 20.4. The van der Waals surface area contributed by atoms with Crippen LogP contribution in [0, 0.1) is 12.7 Å². The molecule has 0 atom stereocenters. The molecule has 0 saturated carbocycles. The first kappa shape index (κ1) is 26.6. The van der Waals surface area contributed by atoms with Gasteiger partial charge in [0.1, 0.15) is 17.1 Å². The number of esters is 1. The average Bonchev–Trinajstić information content (AvgIpc) is 3.41. The lowest BCUT2D eigenvalue weighted by Crippen LogP contribution is -2.24. The molecule has 10 heteroatoms. The van der Waals surface area contributed by atoms with Gasteiger partial charge in [0.2, 0.25) is 5.82 Å². The van der Waals surface area contributed by atoms with Crippen molar-refractivity contribution < 1.29 is 18.4 Å². The van der Waals surface area contributed by atoms with E-state index in [1.165, 1.54) is 12.1 Å². The van der Waals surface area contributed by atoms with Crippen molar-refractivity contribution in [2.75, 3.05) is 0 Å². The molecule has 0 amide bonds. The summed E-state index contributed by atoms with van der Waals surface area (Å²) in [6, 6.07) is 4.49. The monoisotopic (exact) mass is 520 g/mol. The third kappa shape index (κ3) is 6.38. The van der Waals surface area contributed by atoms with E-state index in [2.05, 4.69) is 15.1 Å². The number of carbonyl (C=O) groups excluding carboxylic acids is 1. The summed E-state index contributed by atoms with van der Waals surface area (Å²) >= 11 is 12.6. The van der Waals surface area contributed by atoms with Crippen LogP contribution in [0.5, 0.6) is 0 Å². The molecule has 35 heavy (non-hydrogen) atoms. The Morgan fingerprint density at radius 2 is 1.83 bits per heavy atom. The van der Waals surface area contributed by atoms with E-state index in [-0.39, 0.29) is 35.1 Å². The maximum atomic E-state index is 14.7. The summed E-state index contributed by atoms with van der Waals surface area (Å²) in [6.45, 7) is 11.2. The minimum atomic E-state index is -0.599. The smallest absolute Gasteiger partial charge is 0.306 e. The lowest BCUT2D eigenvalue weighted by atomic mass is 10.1. The highest BCUT2D eigenvalue weighted by Crippen LogP contribution is 2.31. The van der Waals surface area contributed by atoms with Gasteiger partial charge in [-0.05, 0) is 63.4 Å². The molecule has 0 aliphatic heterocycles. The topological polar surface area (TPSA) is 82.5 Å². The summed E-state index contributed by atoms with van der Waals surface area (Å²) < 4.78 is 27.1. The fourth-order valence-electron chi connectivity index (χ4n) is 3.31. The highest BCUT2D eigenvalue weighted by Gasteiger charge is 2.20. The number of fused-ring (bicyclic) bond motifs is 1. The van der Waals surface area contributed by atoms with E-state index >= 15 is 0 Å². The van der Waals surface area contributed by atoms with Crippen LogP contribution in [0.4, 0.5) is 4.39 Å². The van der Waals surface area contributed by atoms with E-state index in [4.69, 9.17) is 32.5 Å². The van der Waals surface area contributed by atoms with Gasteiger partial charge < -0.3 is 13.7 Å². The predicted octanol–water partition coefficient (Wildman–Crippen LogP) is 7.11. The Morgan fingerprint density at radius 3 is 2.51 bits per heavy atom. The van der Waals surface area contributed by atoms with Gasteiger partial charge in [0, 0.05) is 24.4 Å². The van der Waals surface area contributed by atoms with E-state index < -0.39 is 17.4 Å². The molecule has 1 aromatic carbocycles. The van der Waals surface area contributed by atoms with Gasteiger partial charge in [-0.1, -0.05) is 42.2 Å². The molecule has 0 fully saturated rings. The summed E-state index contributed by atoms with van der Waals surface area (Å²) in [4.78, 5) is 20.7. The number of benzene rings is 1. The van der Waals surface area contributed by atoms with E-state index in [1.807, 2.05) is 27.0 Å². The van der Waals surface area contributed by atoms with E-state index in [0.29, 0.717) is 21.9 Å². The molecule has 0 saturated heterocycles. The number of aryl methyl sites for hydroxylation is 2. The minimum Gasteiger partial charge on any atom is -0.460 e. The van der Waals surface area contributed by atoms with Crippen molar-refractivity contribution in [1.29, 1.82) is 0 Å². The van der Waals surface area contributed by atoms with Gasteiger partial charge in [0.05, 0.1) is 10.0 Å². The minimum absolute atomic E-state index is 0.0339. The number of carbonyl (C=O) groups is 1. The second kappa shape index (κ2) is 10.7. The largest absolute Gasteiger partial charge is 0.460 e. The third-order valence-electron chi connectivity index (χ3n) is 4.68. The molecule has 4 aromatic rings. The van der Waals surface area contributed by atoms with Crippen LogP contribution < -0.4 is 0 Å². The lowest BCUT2D eigenvalue weighted by molar-refractivity contribution is -0.154. The second-order valence-corrected chi connectivity index (χ2v) is 9.47. The Hall–Kier alpha value is -2.97. The van der Waals surface area contributed by atoms with Crippen LogP contribution in [-0.2, 0) is 16.0 Å². The third-order valence-corrected chi connectivity index (χ3v) is 5.27. The molecule has 0 spiro atoms. The van der Waals surface area contributed by atoms with Gasteiger partial charge in [0.25, 0.3) is 5.89 Å². The van der Waals surface area contributed by atoms with Gasteiger partial charge in [-0.3, -0.25) is 4.79 Å². The van der Waals surface area contributed by atoms with Gasteiger partial charge in [-0.2, -0.15) is 4.98 Å².